The minimum atomic E-state index is -0.761. The van der Waals surface area contributed by atoms with Gasteiger partial charge >= 0.3 is 5.43 Å². The number of halogens is 1. The molecule has 15 heavy (non-hydrogen) atoms. The Morgan fingerprint density at radius 2 is 1.87 bits per heavy atom. The van der Waals surface area contributed by atoms with Crippen molar-refractivity contribution in [3.8, 4) is 0 Å². The van der Waals surface area contributed by atoms with Gasteiger partial charge in [-0.1, -0.05) is 37.3 Å². The molecule has 1 atom stereocenters. The third kappa shape index (κ3) is 3.24. The summed E-state index contributed by atoms with van der Waals surface area (Å²) in [6.07, 6.45) is 0. The lowest BCUT2D eigenvalue weighted by Crippen LogP contribution is -2.32. The van der Waals surface area contributed by atoms with E-state index in [4.69, 9.17) is 16.3 Å². The summed E-state index contributed by atoms with van der Waals surface area (Å²) in [4.78, 5) is 10.7. The minimum Gasteiger partial charge on any atom is -0.447 e. The zero-order valence-electron chi connectivity index (χ0n) is 9.16. The third-order valence-corrected chi connectivity index (χ3v) is 2.76. The van der Waals surface area contributed by atoms with Crippen molar-refractivity contribution in [2.45, 2.75) is 32.3 Å². The van der Waals surface area contributed by atoms with Crippen molar-refractivity contribution in [3.63, 3.8) is 0 Å². The van der Waals surface area contributed by atoms with E-state index >= 15 is 0 Å². The lowest BCUT2D eigenvalue weighted by molar-refractivity contribution is 0.0387. The van der Waals surface area contributed by atoms with Gasteiger partial charge in [0.2, 0.25) is 0 Å². The molecule has 0 amide bonds. The predicted molar refractivity (Wildman–Crippen MR) is 61.3 cm³/mol. The minimum absolute atomic E-state index is 0.0985. The number of hydrogen-bond donors (Lipinski definition) is 0. The second kappa shape index (κ2) is 4.67. The van der Waals surface area contributed by atoms with Gasteiger partial charge in [-0.3, -0.25) is 0 Å². The molecule has 1 aromatic rings. The van der Waals surface area contributed by atoms with Gasteiger partial charge in [0.05, 0.1) is 0 Å². The molecular weight excluding hydrogens is 212 g/mol. The van der Waals surface area contributed by atoms with Crippen molar-refractivity contribution in [1.82, 2.24) is 0 Å². The van der Waals surface area contributed by atoms with Crippen molar-refractivity contribution in [3.05, 3.63) is 35.9 Å². The quantitative estimate of drug-likeness (QED) is 0.730. The Hall–Kier alpha value is -1.02. The molecule has 0 aliphatic heterocycles. The van der Waals surface area contributed by atoms with Crippen LogP contribution < -0.4 is 0 Å². The molecule has 0 N–H and O–H groups in total. The Balaban J connectivity index is 2.84. The first-order valence-electron chi connectivity index (χ1n) is 4.87. The maximum Gasteiger partial charge on any atom is 0.404 e. The topological polar surface area (TPSA) is 26.3 Å². The van der Waals surface area contributed by atoms with Crippen molar-refractivity contribution in [2.75, 3.05) is 0 Å². The normalized spacial score (nSPS) is 13.3. The van der Waals surface area contributed by atoms with E-state index in [9.17, 15) is 4.79 Å². The molecule has 0 aromatic heterocycles. The SMILES string of the molecule is CC(c1ccccc1)C(C)(C)OC(=O)Cl. The fraction of sp³-hybridized carbons (Fsp3) is 0.417. The van der Waals surface area contributed by atoms with Gasteiger partial charge in [-0.05, 0) is 19.4 Å². The van der Waals surface area contributed by atoms with Crippen LogP contribution in [-0.2, 0) is 4.74 Å². The smallest absolute Gasteiger partial charge is 0.404 e. The predicted octanol–water partition coefficient (Wildman–Crippen LogP) is 3.94. The summed E-state index contributed by atoms with van der Waals surface area (Å²) in [6, 6.07) is 9.90. The van der Waals surface area contributed by atoms with Crippen LogP contribution in [0.4, 0.5) is 4.79 Å². The highest BCUT2D eigenvalue weighted by atomic mass is 35.5. The van der Waals surface area contributed by atoms with E-state index < -0.39 is 11.0 Å². The molecule has 82 valence electrons. The molecule has 0 heterocycles. The molecule has 1 rings (SSSR count). The molecule has 0 aliphatic carbocycles. The highest BCUT2D eigenvalue weighted by Crippen LogP contribution is 2.31. The number of carbonyl (C=O) groups is 1. The summed E-state index contributed by atoms with van der Waals surface area (Å²) < 4.78 is 5.08. The van der Waals surface area contributed by atoms with Crippen molar-refractivity contribution in [2.24, 2.45) is 0 Å². The van der Waals surface area contributed by atoms with Gasteiger partial charge in [-0.15, -0.1) is 0 Å². The Bertz CT molecular complexity index is 333. The Morgan fingerprint density at radius 3 is 2.33 bits per heavy atom. The molecule has 2 nitrogen and oxygen atoms in total. The number of benzene rings is 1. The molecule has 1 aromatic carbocycles. The van der Waals surface area contributed by atoms with Crippen LogP contribution in [0, 0.1) is 0 Å². The number of rotatable bonds is 3. The van der Waals surface area contributed by atoms with Crippen molar-refractivity contribution in [1.29, 1.82) is 0 Å². The van der Waals surface area contributed by atoms with Crippen LogP contribution in [0.15, 0.2) is 30.3 Å². The highest BCUT2D eigenvalue weighted by molar-refractivity contribution is 6.61. The van der Waals surface area contributed by atoms with Crippen LogP contribution in [0.2, 0.25) is 0 Å². The summed E-state index contributed by atoms with van der Waals surface area (Å²) in [5.41, 5.74) is -0.233. The maximum absolute atomic E-state index is 10.7. The standard InChI is InChI=1S/C12H15ClO2/c1-9(10-7-5-4-6-8-10)12(2,3)15-11(13)14/h4-9H,1-3H3. The second-order valence-electron chi connectivity index (χ2n) is 4.08. The van der Waals surface area contributed by atoms with E-state index in [1.807, 2.05) is 51.1 Å². The fourth-order valence-electron chi connectivity index (χ4n) is 1.44. The molecular formula is C12H15ClO2. The Kier molecular flexibility index (Phi) is 3.75. The van der Waals surface area contributed by atoms with Crippen molar-refractivity contribution >= 4 is 17.0 Å². The lowest BCUT2D eigenvalue weighted by atomic mass is 9.86. The van der Waals surface area contributed by atoms with Gasteiger partial charge < -0.3 is 4.74 Å². The van der Waals surface area contributed by atoms with Crippen LogP contribution in [-0.4, -0.2) is 11.0 Å². The zero-order chi connectivity index (χ0) is 11.5. The number of hydrogen-bond acceptors (Lipinski definition) is 2. The average Bonchev–Trinajstić information content (AvgIpc) is 2.16. The largest absolute Gasteiger partial charge is 0.447 e. The third-order valence-electron chi connectivity index (χ3n) is 2.69. The van der Waals surface area contributed by atoms with Gasteiger partial charge in [-0.2, -0.15) is 0 Å². The van der Waals surface area contributed by atoms with Gasteiger partial charge in [0.1, 0.15) is 5.60 Å². The lowest BCUT2D eigenvalue weighted by Gasteiger charge is -2.30. The monoisotopic (exact) mass is 226 g/mol. The highest BCUT2D eigenvalue weighted by Gasteiger charge is 2.30. The molecule has 0 saturated heterocycles. The first kappa shape index (κ1) is 12.1. The first-order chi connectivity index (χ1) is 6.93. The summed E-state index contributed by atoms with van der Waals surface area (Å²) >= 11 is 5.23. The molecule has 0 saturated carbocycles. The first-order valence-corrected chi connectivity index (χ1v) is 5.24. The van der Waals surface area contributed by atoms with Crippen LogP contribution in [0.1, 0.15) is 32.3 Å². The summed E-state index contributed by atoms with van der Waals surface area (Å²) in [5, 5.41) is 0. The molecule has 1 unspecified atom stereocenters. The van der Waals surface area contributed by atoms with Gasteiger partial charge in [-0.25, -0.2) is 4.79 Å². The van der Waals surface area contributed by atoms with Gasteiger partial charge in [0.25, 0.3) is 0 Å². The van der Waals surface area contributed by atoms with Crippen molar-refractivity contribution < 1.29 is 9.53 Å². The summed E-state index contributed by atoms with van der Waals surface area (Å²) in [6.45, 7) is 5.71. The van der Waals surface area contributed by atoms with Crippen LogP contribution in [0.5, 0.6) is 0 Å². The molecule has 0 spiro atoms. The number of carbonyl (C=O) groups excluding carboxylic acids is 1. The van der Waals surface area contributed by atoms with E-state index in [0.717, 1.165) is 5.56 Å². The maximum atomic E-state index is 10.7. The molecule has 0 fully saturated rings. The van der Waals surface area contributed by atoms with E-state index in [1.54, 1.807) is 0 Å². The molecule has 0 radical (unpaired) electrons. The van der Waals surface area contributed by atoms with E-state index in [-0.39, 0.29) is 5.92 Å². The van der Waals surface area contributed by atoms with E-state index in [1.165, 1.54) is 0 Å². The average molecular weight is 227 g/mol. The molecule has 0 bridgehead atoms. The van der Waals surface area contributed by atoms with Gasteiger partial charge in [0.15, 0.2) is 0 Å². The van der Waals surface area contributed by atoms with E-state index in [0.29, 0.717) is 0 Å². The zero-order valence-corrected chi connectivity index (χ0v) is 9.91. The summed E-state index contributed by atoms with van der Waals surface area (Å²) in [7, 11) is 0. The Labute approximate surface area is 95.2 Å². The van der Waals surface area contributed by atoms with Crippen LogP contribution in [0.3, 0.4) is 0 Å². The molecule has 0 aliphatic rings. The number of ether oxygens (including phenoxy) is 1. The fourth-order valence-corrected chi connectivity index (χ4v) is 1.64. The second-order valence-corrected chi connectivity index (χ2v) is 4.38. The molecule has 3 heteroatoms. The summed E-state index contributed by atoms with van der Waals surface area (Å²) in [5.74, 6) is 0.0985. The van der Waals surface area contributed by atoms with Gasteiger partial charge in [0, 0.05) is 17.5 Å². The van der Waals surface area contributed by atoms with Crippen LogP contribution >= 0.6 is 11.6 Å². The Morgan fingerprint density at radius 1 is 1.33 bits per heavy atom. The van der Waals surface area contributed by atoms with E-state index in [2.05, 4.69) is 0 Å². The van der Waals surface area contributed by atoms with Crippen LogP contribution in [0.25, 0.3) is 0 Å².